The number of piperazine rings is 1. The maximum atomic E-state index is 12.3. The molecule has 120 valence electrons. The van der Waals surface area contributed by atoms with E-state index in [0.29, 0.717) is 19.5 Å². The molecule has 21 heavy (non-hydrogen) atoms. The molecule has 1 atom stereocenters. The third-order valence-electron chi connectivity index (χ3n) is 4.22. The van der Waals surface area contributed by atoms with Gasteiger partial charge < -0.3 is 14.7 Å². The summed E-state index contributed by atoms with van der Waals surface area (Å²) in [6, 6.07) is -0.357. The number of likely N-dealkylation sites (N-methyl/N-ethyl adjacent to an activating group) is 1. The standard InChI is InChI=1S/C13H23N3O4S/c1-11(17)16(12-3-8-21(19,20)10-12)9-13(18)15-6-4-14(2)5-7-15/h12H,3-10H2,1-2H3. The normalized spacial score (nSPS) is 25.8. The van der Waals surface area contributed by atoms with Crippen LogP contribution >= 0.6 is 0 Å². The van der Waals surface area contributed by atoms with Crippen molar-refractivity contribution in [3.8, 4) is 0 Å². The van der Waals surface area contributed by atoms with E-state index in [1.165, 1.54) is 11.8 Å². The van der Waals surface area contributed by atoms with Crippen molar-refractivity contribution < 1.29 is 18.0 Å². The molecule has 0 saturated carbocycles. The summed E-state index contributed by atoms with van der Waals surface area (Å²) in [5.41, 5.74) is 0. The van der Waals surface area contributed by atoms with E-state index < -0.39 is 9.84 Å². The maximum Gasteiger partial charge on any atom is 0.242 e. The van der Waals surface area contributed by atoms with Gasteiger partial charge >= 0.3 is 0 Å². The number of sulfone groups is 1. The Labute approximate surface area is 125 Å². The van der Waals surface area contributed by atoms with Crippen LogP contribution in [0, 0.1) is 0 Å². The van der Waals surface area contributed by atoms with Crippen LogP contribution in [-0.2, 0) is 19.4 Å². The van der Waals surface area contributed by atoms with E-state index in [1.54, 1.807) is 4.90 Å². The second kappa shape index (κ2) is 6.31. The zero-order valence-corrected chi connectivity index (χ0v) is 13.4. The summed E-state index contributed by atoms with van der Waals surface area (Å²) in [5, 5.41) is 0. The average molecular weight is 317 g/mol. The molecule has 2 rings (SSSR count). The van der Waals surface area contributed by atoms with Gasteiger partial charge in [-0.15, -0.1) is 0 Å². The molecule has 2 fully saturated rings. The summed E-state index contributed by atoms with van der Waals surface area (Å²) >= 11 is 0. The van der Waals surface area contributed by atoms with Gasteiger partial charge in [0.25, 0.3) is 0 Å². The van der Waals surface area contributed by atoms with E-state index in [-0.39, 0.29) is 35.9 Å². The van der Waals surface area contributed by atoms with Crippen molar-refractivity contribution in [2.75, 3.05) is 51.3 Å². The Bertz CT molecular complexity index is 512. The van der Waals surface area contributed by atoms with Crippen LogP contribution in [0.4, 0.5) is 0 Å². The first kappa shape index (κ1) is 16.2. The first-order valence-corrected chi connectivity index (χ1v) is 9.04. The molecule has 2 aliphatic heterocycles. The van der Waals surface area contributed by atoms with E-state index >= 15 is 0 Å². The van der Waals surface area contributed by atoms with Gasteiger partial charge in [-0.3, -0.25) is 9.59 Å². The Balaban J connectivity index is 1.97. The lowest BCUT2D eigenvalue weighted by Crippen LogP contribution is -2.52. The van der Waals surface area contributed by atoms with Crippen LogP contribution in [0.5, 0.6) is 0 Å². The molecular formula is C13H23N3O4S. The summed E-state index contributed by atoms with van der Waals surface area (Å²) in [6.07, 6.45) is 0.429. The highest BCUT2D eigenvalue weighted by atomic mass is 32.2. The highest BCUT2D eigenvalue weighted by Crippen LogP contribution is 2.18. The second-order valence-electron chi connectivity index (χ2n) is 5.89. The van der Waals surface area contributed by atoms with Gasteiger partial charge in [-0.2, -0.15) is 0 Å². The first-order chi connectivity index (χ1) is 9.78. The summed E-state index contributed by atoms with van der Waals surface area (Å²) in [4.78, 5) is 29.4. The fourth-order valence-corrected chi connectivity index (χ4v) is 4.55. The van der Waals surface area contributed by atoms with Crippen LogP contribution in [0.25, 0.3) is 0 Å². The van der Waals surface area contributed by atoms with Crippen molar-refractivity contribution in [1.82, 2.24) is 14.7 Å². The molecule has 2 aliphatic rings. The molecule has 2 heterocycles. The van der Waals surface area contributed by atoms with E-state index in [4.69, 9.17) is 0 Å². The molecule has 0 radical (unpaired) electrons. The Morgan fingerprint density at radius 2 is 1.81 bits per heavy atom. The Morgan fingerprint density at radius 1 is 1.19 bits per heavy atom. The van der Waals surface area contributed by atoms with Crippen LogP contribution in [0.3, 0.4) is 0 Å². The average Bonchev–Trinajstić information content (AvgIpc) is 2.76. The van der Waals surface area contributed by atoms with Gasteiger partial charge in [-0.05, 0) is 13.5 Å². The third kappa shape index (κ3) is 4.16. The number of nitrogens with zero attached hydrogens (tertiary/aromatic N) is 3. The smallest absolute Gasteiger partial charge is 0.242 e. The van der Waals surface area contributed by atoms with Crippen LogP contribution < -0.4 is 0 Å². The fourth-order valence-electron chi connectivity index (χ4n) is 2.82. The monoisotopic (exact) mass is 317 g/mol. The zero-order valence-electron chi connectivity index (χ0n) is 12.6. The predicted octanol–water partition coefficient (Wildman–Crippen LogP) is -1.20. The molecular weight excluding hydrogens is 294 g/mol. The highest BCUT2D eigenvalue weighted by Gasteiger charge is 2.35. The quantitative estimate of drug-likeness (QED) is 0.653. The van der Waals surface area contributed by atoms with Gasteiger partial charge in [-0.1, -0.05) is 0 Å². The fraction of sp³-hybridized carbons (Fsp3) is 0.846. The predicted molar refractivity (Wildman–Crippen MR) is 78.5 cm³/mol. The van der Waals surface area contributed by atoms with Crippen LogP contribution in [-0.4, -0.2) is 92.3 Å². The topological polar surface area (TPSA) is 78.0 Å². The van der Waals surface area contributed by atoms with Gasteiger partial charge in [0.1, 0.15) is 6.54 Å². The molecule has 2 saturated heterocycles. The van der Waals surface area contributed by atoms with Crippen molar-refractivity contribution >= 4 is 21.7 Å². The Morgan fingerprint density at radius 3 is 2.29 bits per heavy atom. The summed E-state index contributed by atoms with van der Waals surface area (Å²) in [7, 11) is -1.06. The van der Waals surface area contributed by atoms with Crippen molar-refractivity contribution in [1.29, 1.82) is 0 Å². The highest BCUT2D eigenvalue weighted by molar-refractivity contribution is 7.91. The van der Waals surface area contributed by atoms with Gasteiger partial charge in [0.2, 0.25) is 11.8 Å². The SMILES string of the molecule is CC(=O)N(CC(=O)N1CCN(C)CC1)C1CCS(=O)(=O)C1. The van der Waals surface area contributed by atoms with Crippen molar-refractivity contribution in [2.45, 2.75) is 19.4 Å². The van der Waals surface area contributed by atoms with Crippen LogP contribution in [0.2, 0.25) is 0 Å². The lowest BCUT2D eigenvalue weighted by Gasteiger charge is -2.35. The Kier molecular flexibility index (Phi) is 4.88. The van der Waals surface area contributed by atoms with Crippen LogP contribution in [0.1, 0.15) is 13.3 Å². The lowest BCUT2D eigenvalue weighted by molar-refractivity contribution is -0.141. The molecule has 0 aromatic carbocycles. The number of amides is 2. The molecule has 7 nitrogen and oxygen atoms in total. The van der Waals surface area contributed by atoms with Gasteiger partial charge in [0, 0.05) is 39.1 Å². The van der Waals surface area contributed by atoms with E-state index in [2.05, 4.69) is 4.90 Å². The number of rotatable bonds is 3. The van der Waals surface area contributed by atoms with Crippen molar-refractivity contribution in [2.24, 2.45) is 0 Å². The maximum absolute atomic E-state index is 12.3. The zero-order chi connectivity index (χ0) is 15.6. The van der Waals surface area contributed by atoms with Gasteiger partial charge in [0.05, 0.1) is 11.5 Å². The minimum absolute atomic E-state index is 0.0146. The minimum Gasteiger partial charge on any atom is -0.339 e. The molecule has 1 unspecified atom stereocenters. The number of carbonyl (C=O) groups is 2. The van der Waals surface area contributed by atoms with E-state index in [0.717, 1.165) is 13.1 Å². The number of hydrogen-bond donors (Lipinski definition) is 0. The summed E-state index contributed by atoms with van der Waals surface area (Å²) in [5.74, 6) is -0.255. The van der Waals surface area contributed by atoms with Gasteiger partial charge in [0.15, 0.2) is 9.84 Å². The number of hydrogen-bond acceptors (Lipinski definition) is 5. The van der Waals surface area contributed by atoms with Crippen LogP contribution in [0.15, 0.2) is 0 Å². The molecule has 0 aliphatic carbocycles. The van der Waals surface area contributed by atoms with Crippen molar-refractivity contribution in [3.05, 3.63) is 0 Å². The molecule has 0 N–H and O–H groups in total. The molecule has 2 amide bonds. The second-order valence-corrected chi connectivity index (χ2v) is 8.12. The number of carbonyl (C=O) groups excluding carboxylic acids is 2. The van der Waals surface area contributed by atoms with Gasteiger partial charge in [-0.25, -0.2) is 8.42 Å². The largest absolute Gasteiger partial charge is 0.339 e. The Hall–Kier alpha value is -1.15. The lowest BCUT2D eigenvalue weighted by atomic mass is 10.2. The molecule has 0 spiro atoms. The molecule has 8 heteroatoms. The molecule has 0 bridgehead atoms. The summed E-state index contributed by atoms with van der Waals surface area (Å²) in [6.45, 7) is 4.34. The van der Waals surface area contributed by atoms with Crippen molar-refractivity contribution in [3.63, 3.8) is 0 Å². The molecule has 0 aromatic rings. The minimum atomic E-state index is -3.07. The first-order valence-electron chi connectivity index (χ1n) is 7.22. The molecule has 0 aromatic heterocycles. The van der Waals surface area contributed by atoms with E-state index in [9.17, 15) is 18.0 Å². The summed E-state index contributed by atoms with van der Waals surface area (Å²) < 4.78 is 23.1. The van der Waals surface area contributed by atoms with E-state index in [1.807, 2.05) is 7.05 Å². The third-order valence-corrected chi connectivity index (χ3v) is 5.97.